The van der Waals surface area contributed by atoms with E-state index in [0.29, 0.717) is 11.4 Å². The van der Waals surface area contributed by atoms with Crippen LogP contribution in [0.15, 0.2) is 83.3 Å². The maximum Gasteiger partial charge on any atom is 0.314 e. The first kappa shape index (κ1) is 19.4. The van der Waals surface area contributed by atoms with Crippen LogP contribution in [0.25, 0.3) is 11.1 Å². The van der Waals surface area contributed by atoms with Gasteiger partial charge in [-0.3, -0.25) is 9.78 Å². The third-order valence-corrected chi connectivity index (χ3v) is 4.54. The molecular formula is C23H23N3O2. The molecule has 0 saturated carbocycles. The van der Waals surface area contributed by atoms with Crippen molar-refractivity contribution in [2.45, 2.75) is 26.7 Å². The normalized spacial score (nSPS) is 11.1. The minimum atomic E-state index is -0.186. The lowest BCUT2D eigenvalue weighted by molar-refractivity contribution is -0.139. The Morgan fingerprint density at radius 1 is 0.821 bits per heavy atom. The minimum absolute atomic E-state index is 0.0607. The first-order chi connectivity index (χ1) is 13.7. The average molecular weight is 373 g/mol. The molecule has 0 bridgehead atoms. The molecule has 0 N–H and O–H groups in total. The first-order valence-corrected chi connectivity index (χ1v) is 9.43. The zero-order valence-corrected chi connectivity index (χ0v) is 16.1. The van der Waals surface area contributed by atoms with Gasteiger partial charge in [-0.05, 0) is 72.5 Å². The van der Waals surface area contributed by atoms with E-state index in [1.54, 1.807) is 36.7 Å². The molecule has 0 aliphatic heterocycles. The number of rotatable bonds is 7. The van der Waals surface area contributed by atoms with E-state index in [1.165, 1.54) is 0 Å². The summed E-state index contributed by atoms with van der Waals surface area (Å²) in [6.07, 6.45) is 5.10. The van der Waals surface area contributed by atoms with Gasteiger partial charge in [0.25, 0.3) is 0 Å². The zero-order chi connectivity index (χ0) is 19.8. The molecule has 0 saturated heterocycles. The lowest BCUT2D eigenvalue weighted by atomic mass is 10.0. The second-order valence-corrected chi connectivity index (χ2v) is 6.41. The quantitative estimate of drug-likeness (QED) is 0.269. The number of benzene rings is 2. The average Bonchev–Trinajstić information content (AvgIpc) is 2.75. The van der Waals surface area contributed by atoms with Gasteiger partial charge < -0.3 is 4.74 Å². The molecule has 0 atom stereocenters. The molecule has 0 amide bonds. The van der Waals surface area contributed by atoms with Crippen LogP contribution in [0, 0.1) is 5.92 Å². The fraction of sp³-hybridized carbons (Fsp3) is 0.217. The van der Waals surface area contributed by atoms with Crippen molar-refractivity contribution in [3.8, 4) is 16.9 Å². The van der Waals surface area contributed by atoms with Gasteiger partial charge in [0.1, 0.15) is 5.75 Å². The number of hydrogen-bond donors (Lipinski definition) is 0. The number of carbonyl (C=O) groups is 1. The number of azo groups is 1. The lowest BCUT2D eigenvalue weighted by Gasteiger charge is -2.11. The Kier molecular flexibility index (Phi) is 6.63. The van der Waals surface area contributed by atoms with Crippen LogP contribution in [-0.2, 0) is 4.79 Å². The summed E-state index contributed by atoms with van der Waals surface area (Å²) in [7, 11) is 0. The molecular weight excluding hydrogens is 350 g/mol. The van der Waals surface area contributed by atoms with Gasteiger partial charge in [-0.2, -0.15) is 10.2 Å². The SMILES string of the molecule is CCC(CC)C(=O)Oc1ccc(/N=N/c2ccc(-c3ccncc3)cc2)cc1. The number of hydrogen-bond acceptors (Lipinski definition) is 5. The van der Waals surface area contributed by atoms with Crippen LogP contribution < -0.4 is 4.74 Å². The fourth-order valence-corrected chi connectivity index (χ4v) is 2.78. The second-order valence-electron chi connectivity index (χ2n) is 6.41. The molecule has 0 aliphatic rings. The highest BCUT2D eigenvalue weighted by molar-refractivity contribution is 5.75. The van der Waals surface area contributed by atoms with E-state index in [9.17, 15) is 4.79 Å². The largest absolute Gasteiger partial charge is 0.426 e. The second kappa shape index (κ2) is 9.55. The Balaban J connectivity index is 1.62. The highest BCUT2D eigenvalue weighted by atomic mass is 16.5. The molecule has 142 valence electrons. The summed E-state index contributed by atoms with van der Waals surface area (Å²) in [5.41, 5.74) is 3.67. The van der Waals surface area contributed by atoms with Crippen molar-refractivity contribution >= 4 is 17.3 Å². The lowest BCUT2D eigenvalue weighted by Crippen LogP contribution is -2.19. The van der Waals surface area contributed by atoms with Crippen LogP contribution in [-0.4, -0.2) is 11.0 Å². The van der Waals surface area contributed by atoms with Crippen LogP contribution in [0.5, 0.6) is 5.75 Å². The van der Waals surface area contributed by atoms with Crippen LogP contribution in [0.3, 0.4) is 0 Å². The number of aromatic nitrogens is 1. The standard InChI is InChI=1S/C23H23N3O2/c1-3-17(4-2)23(27)28-22-11-9-21(10-12-22)26-25-20-7-5-18(6-8-20)19-13-15-24-16-14-19/h5-17H,3-4H2,1-2H3/b26-25+. The van der Waals surface area contributed by atoms with E-state index < -0.39 is 0 Å². The predicted molar refractivity (Wildman–Crippen MR) is 110 cm³/mol. The molecule has 1 heterocycles. The number of carbonyl (C=O) groups excluding carboxylic acids is 1. The van der Waals surface area contributed by atoms with E-state index in [1.807, 2.05) is 50.2 Å². The van der Waals surface area contributed by atoms with Crippen molar-refractivity contribution in [3.05, 3.63) is 73.1 Å². The molecule has 0 spiro atoms. The van der Waals surface area contributed by atoms with Crippen molar-refractivity contribution in [1.82, 2.24) is 4.98 Å². The van der Waals surface area contributed by atoms with Gasteiger partial charge in [0.05, 0.1) is 17.3 Å². The maximum absolute atomic E-state index is 12.0. The first-order valence-electron chi connectivity index (χ1n) is 9.43. The topological polar surface area (TPSA) is 63.9 Å². The molecule has 1 aromatic heterocycles. The fourth-order valence-electron chi connectivity index (χ4n) is 2.78. The number of ether oxygens (including phenoxy) is 1. The van der Waals surface area contributed by atoms with Gasteiger partial charge >= 0.3 is 5.97 Å². The highest BCUT2D eigenvalue weighted by Gasteiger charge is 2.16. The summed E-state index contributed by atoms with van der Waals surface area (Å²) in [6, 6.07) is 18.8. The van der Waals surface area contributed by atoms with Crippen LogP contribution in [0.2, 0.25) is 0 Å². The summed E-state index contributed by atoms with van der Waals surface area (Å²) in [5.74, 6) is 0.278. The third kappa shape index (κ3) is 5.10. The van der Waals surface area contributed by atoms with Gasteiger partial charge in [0.2, 0.25) is 0 Å². The minimum Gasteiger partial charge on any atom is -0.426 e. The molecule has 2 aromatic carbocycles. The van der Waals surface area contributed by atoms with E-state index in [2.05, 4.69) is 15.2 Å². The predicted octanol–water partition coefficient (Wildman–Crippen LogP) is 6.51. The molecule has 3 aromatic rings. The van der Waals surface area contributed by atoms with Gasteiger partial charge in [-0.15, -0.1) is 0 Å². The van der Waals surface area contributed by atoms with Gasteiger partial charge in [-0.1, -0.05) is 26.0 Å². The number of nitrogens with zero attached hydrogens (tertiary/aromatic N) is 3. The molecule has 0 fully saturated rings. The summed E-state index contributed by atoms with van der Waals surface area (Å²) in [4.78, 5) is 16.1. The van der Waals surface area contributed by atoms with Crippen molar-refractivity contribution in [1.29, 1.82) is 0 Å². The Hall–Kier alpha value is -3.34. The summed E-state index contributed by atoms with van der Waals surface area (Å²) >= 11 is 0. The van der Waals surface area contributed by atoms with Crippen LogP contribution in [0.1, 0.15) is 26.7 Å². The molecule has 28 heavy (non-hydrogen) atoms. The molecule has 0 aliphatic carbocycles. The van der Waals surface area contributed by atoms with Crippen molar-refractivity contribution < 1.29 is 9.53 Å². The van der Waals surface area contributed by atoms with Gasteiger partial charge in [0, 0.05) is 12.4 Å². The summed E-state index contributed by atoms with van der Waals surface area (Å²) < 4.78 is 5.42. The monoisotopic (exact) mass is 373 g/mol. The van der Waals surface area contributed by atoms with E-state index in [-0.39, 0.29) is 11.9 Å². The molecule has 5 heteroatoms. The Morgan fingerprint density at radius 3 is 1.86 bits per heavy atom. The van der Waals surface area contributed by atoms with E-state index >= 15 is 0 Å². The zero-order valence-electron chi connectivity index (χ0n) is 16.1. The van der Waals surface area contributed by atoms with E-state index in [4.69, 9.17) is 4.74 Å². The highest BCUT2D eigenvalue weighted by Crippen LogP contribution is 2.25. The summed E-state index contributed by atoms with van der Waals surface area (Å²) in [6.45, 7) is 3.98. The maximum atomic E-state index is 12.0. The van der Waals surface area contributed by atoms with Crippen molar-refractivity contribution in [2.24, 2.45) is 16.1 Å². The summed E-state index contributed by atoms with van der Waals surface area (Å²) in [5, 5.41) is 8.50. The van der Waals surface area contributed by atoms with Crippen molar-refractivity contribution in [2.75, 3.05) is 0 Å². The van der Waals surface area contributed by atoms with Gasteiger partial charge in [-0.25, -0.2) is 0 Å². The molecule has 0 unspecified atom stereocenters. The number of pyridine rings is 1. The molecule has 0 radical (unpaired) electrons. The smallest absolute Gasteiger partial charge is 0.314 e. The Bertz CT molecular complexity index is 916. The van der Waals surface area contributed by atoms with Crippen LogP contribution in [0.4, 0.5) is 11.4 Å². The Labute approximate surface area is 165 Å². The number of esters is 1. The molecule has 5 nitrogen and oxygen atoms in total. The Morgan fingerprint density at radius 2 is 1.32 bits per heavy atom. The third-order valence-electron chi connectivity index (χ3n) is 4.54. The van der Waals surface area contributed by atoms with Crippen molar-refractivity contribution in [3.63, 3.8) is 0 Å². The van der Waals surface area contributed by atoms with E-state index in [0.717, 1.165) is 29.7 Å². The van der Waals surface area contributed by atoms with Crippen LogP contribution >= 0.6 is 0 Å². The van der Waals surface area contributed by atoms with Gasteiger partial charge in [0.15, 0.2) is 0 Å². The molecule has 3 rings (SSSR count).